The van der Waals surface area contributed by atoms with Crippen LogP contribution in [0.3, 0.4) is 0 Å². The van der Waals surface area contributed by atoms with E-state index in [1.165, 1.54) is 0 Å². The second kappa shape index (κ2) is 10.2. The summed E-state index contributed by atoms with van der Waals surface area (Å²) < 4.78 is 15.9. The third kappa shape index (κ3) is 5.90. The second-order valence-corrected chi connectivity index (χ2v) is 6.47. The predicted octanol–water partition coefficient (Wildman–Crippen LogP) is 3.59. The van der Waals surface area contributed by atoms with Crippen LogP contribution in [-0.2, 0) is 16.1 Å². The van der Waals surface area contributed by atoms with Crippen molar-refractivity contribution in [3.8, 4) is 11.5 Å². The Hall–Kier alpha value is -3.22. The first-order valence-corrected chi connectivity index (χ1v) is 8.94. The number of esters is 1. The number of hydrogen-bond donors (Lipinski definition) is 2. The van der Waals surface area contributed by atoms with Gasteiger partial charge in [0.05, 0.1) is 14.2 Å². The minimum atomic E-state index is -0.791. The predicted molar refractivity (Wildman–Crippen MR) is 107 cm³/mol. The Morgan fingerprint density at radius 2 is 1.71 bits per heavy atom. The molecule has 0 bridgehead atoms. The van der Waals surface area contributed by atoms with E-state index < -0.39 is 18.0 Å². The van der Waals surface area contributed by atoms with Gasteiger partial charge in [0, 0.05) is 11.3 Å². The average molecular weight is 386 g/mol. The van der Waals surface area contributed by atoms with Gasteiger partial charge in [0.25, 0.3) is 0 Å². The van der Waals surface area contributed by atoms with E-state index in [1.807, 2.05) is 32.0 Å². The normalized spacial score (nSPS) is 11.5. The standard InChI is InChI=1S/C21H26N2O5/c1-14(2)19(23-21(25)22-16-8-6-5-7-9-16)20(24)28-13-15-12-17(26-3)10-11-18(15)27-4/h5-12,14,19H,13H2,1-4H3,(H2,22,23,25)/t19-/m1/s1. The van der Waals surface area contributed by atoms with Crippen molar-refractivity contribution in [1.29, 1.82) is 0 Å². The summed E-state index contributed by atoms with van der Waals surface area (Å²) >= 11 is 0. The molecule has 0 spiro atoms. The fourth-order valence-corrected chi connectivity index (χ4v) is 2.56. The molecule has 1 atom stereocenters. The lowest BCUT2D eigenvalue weighted by atomic mass is 10.1. The Kier molecular flexibility index (Phi) is 7.68. The lowest BCUT2D eigenvalue weighted by Gasteiger charge is -2.21. The SMILES string of the molecule is COc1ccc(OC)c(COC(=O)[C@H](NC(=O)Nc2ccccc2)C(C)C)c1. The zero-order valence-electron chi connectivity index (χ0n) is 16.5. The summed E-state index contributed by atoms with van der Waals surface area (Å²) in [5.74, 6) is 0.543. The largest absolute Gasteiger partial charge is 0.497 e. The molecule has 150 valence electrons. The summed E-state index contributed by atoms with van der Waals surface area (Å²) in [6.07, 6.45) is 0. The first-order valence-electron chi connectivity index (χ1n) is 8.94. The van der Waals surface area contributed by atoms with Crippen LogP contribution in [0.15, 0.2) is 48.5 Å². The highest BCUT2D eigenvalue weighted by Crippen LogP contribution is 2.25. The van der Waals surface area contributed by atoms with Gasteiger partial charge in [-0.25, -0.2) is 9.59 Å². The zero-order valence-corrected chi connectivity index (χ0v) is 16.5. The number of hydrogen-bond acceptors (Lipinski definition) is 5. The number of ether oxygens (including phenoxy) is 3. The lowest BCUT2D eigenvalue weighted by Crippen LogP contribution is -2.47. The van der Waals surface area contributed by atoms with Crippen molar-refractivity contribution < 1.29 is 23.8 Å². The van der Waals surface area contributed by atoms with Crippen molar-refractivity contribution in [2.24, 2.45) is 5.92 Å². The smallest absolute Gasteiger partial charge is 0.329 e. The summed E-state index contributed by atoms with van der Waals surface area (Å²) in [6.45, 7) is 3.67. The molecule has 2 aromatic rings. The monoisotopic (exact) mass is 386 g/mol. The number of methoxy groups -OCH3 is 2. The lowest BCUT2D eigenvalue weighted by molar-refractivity contribution is -0.148. The summed E-state index contributed by atoms with van der Waals surface area (Å²) in [5, 5.41) is 5.37. The molecule has 7 nitrogen and oxygen atoms in total. The van der Waals surface area contributed by atoms with Crippen LogP contribution in [0.5, 0.6) is 11.5 Å². The molecule has 2 rings (SSSR count). The molecule has 28 heavy (non-hydrogen) atoms. The van der Waals surface area contributed by atoms with E-state index in [4.69, 9.17) is 14.2 Å². The van der Waals surface area contributed by atoms with Crippen LogP contribution >= 0.6 is 0 Å². The molecule has 0 aromatic heterocycles. The van der Waals surface area contributed by atoms with Crippen molar-refractivity contribution in [2.45, 2.75) is 26.5 Å². The maximum absolute atomic E-state index is 12.6. The summed E-state index contributed by atoms with van der Waals surface area (Å²) in [5.41, 5.74) is 1.31. The highest BCUT2D eigenvalue weighted by Gasteiger charge is 2.26. The van der Waals surface area contributed by atoms with Crippen LogP contribution in [-0.4, -0.2) is 32.3 Å². The average Bonchev–Trinajstić information content (AvgIpc) is 2.70. The topological polar surface area (TPSA) is 85.9 Å². The van der Waals surface area contributed by atoms with Crippen molar-refractivity contribution in [1.82, 2.24) is 5.32 Å². The maximum atomic E-state index is 12.6. The summed E-state index contributed by atoms with van der Waals surface area (Å²) in [4.78, 5) is 24.8. The van der Waals surface area contributed by atoms with E-state index in [1.54, 1.807) is 44.6 Å². The number of carbonyl (C=O) groups excluding carboxylic acids is 2. The quantitative estimate of drug-likeness (QED) is 0.677. The highest BCUT2D eigenvalue weighted by atomic mass is 16.5. The minimum absolute atomic E-state index is 0.00438. The van der Waals surface area contributed by atoms with Crippen LogP contribution in [0, 0.1) is 5.92 Å². The van der Waals surface area contributed by atoms with E-state index in [-0.39, 0.29) is 12.5 Å². The number of amides is 2. The van der Waals surface area contributed by atoms with Gasteiger partial charge in [-0.1, -0.05) is 32.0 Å². The first kappa shape index (κ1) is 21.1. The Morgan fingerprint density at radius 3 is 2.32 bits per heavy atom. The molecule has 0 unspecified atom stereocenters. The number of benzene rings is 2. The number of rotatable bonds is 8. The molecule has 7 heteroatoms. The Morgan fingerprint density at radius 1 is 1.00 bits per heavy atom. The Bertz CT molecular complexity index is 793. The molecule has 0 aliphatic carbocycles. The summed E-state index contributed by atoms with van der Waals surface area (Å²) in [7, 11) is 3.10. The summed E-state index contributed by atoms with van der Waals surface area (Å²) in [6, 6.07) is 13.0. The Labute approximate surface area is 165 Å². The van der Waals surface area contributed by atoms with Crippen molar-refractivity contribution >= 4 is 17.7 Å². The number of carbonyl (C=O) groups is 2. The van der Waals surface area contributed by atoms with E-state index in [0.29, 0.717) is 22.7 Å². The fourth-order valence-electron chi connectivity index (χ4n) is 2.56. The number of anilines is 1. The van der Waals surface area contributed by atoms with Gasteiger partial charge in [-0.3, -0.25) is 0 Å². The van der Waals surface area contributed by atoms with Gasteiger partial charge in [0.2, 0.25) is 0 Å². The van der Waals surface area contributed by atoms with Crippen molar-refractivity contribution in [3.05, 3.63) is 54.1 Å². The Balaban J connectivity index is 2.00. The van der Waals surface area contributed by atoms with Gasteiger partial charge >= 0.3 is 12.0 Å². The number of nitrogens with one attached hydrogen (secondary N) is 2. The molecule has 0 heterocycles. The van der Waals surface area contributed by atoms with Gasteiger partial charge in [-0.05, 0) is 36.2 Å². The van der Waals surface area contributed by atoms with Crippen molar-refractivity contribution in [3.63, 3.8) is 0 Å². The van der Waals surface area contributed by atoms with Gasteiger partial charge in [-0.15, -0.1) is 0 Å². The van der Waals surface area contributed by atoms with Crippen molar-refractivity contribution in [2.75, 3.05) is 19.5 Å². The van der Waals surface area contributed by atoms with Gasteiger partial charge in [-0.2, -0.15) is 0 Å². The zero-order chi connectivity index (χ0) is 20.5. The molecule has 2 amide bonds. The first-order chi connectivity index (χ1) is 13.4. The van der Waals surface area contributed by atoms with Crippen LogP contribution in [0.1, 0.15) is 19.4 Å². The van der Waals surface area contributed by atoms with E-state index in [9.17, 15) is 9.59 Å². The van der Waals surface area contributed by atoms with Gasteiger partial charge < -0.3 is 24.8 Å². The van der Waals surface area contributed by atoms with Crippen LogP contribution in [0.4, 0.5) is 10.5 Å². The third-order valence-corrected chi connectivity index (χ3v) is 4.10. The maximum Gasteiger partial charge on any atom is 0.329 e. The molecule has 0 radical (unpaired) electrons. The molecule has 0 fully saturated rings. The van der Waals surface area contributed by atoms with Crippen LogP contribution < -0.4 is 20.1 Å². The third-order valence-electron chi connectivity index (χ3n) is 4.10. The van der Waals surface area contributed by atoms with E-state index in [2.05, 4.69) is 10.6 Å². The van der Waals surface area contributed by atoms with Crippen LogP contribution in [0.25, 0.3) is 0 Å². The van der Waals surface area contributed by atoms with E-state index in [0.717, 1.165) is 0 Å². The van der Waals surface area contributed by atoms with Gasteiger partial charge in [0.1, 0.15) is 24.1 Å². The molecular formula is C21H26N2O5. The molecule has 0 aliphatic rings. The molecule has 0 saturated heterocycles. The molecule has 0 aliphatic heterocycles. The van der Waals surface area contributed by atoms with Gasteiger partial charge in [0.15, 0.2) is 0 Å². The minimum Gasteiger partial charge on any atom is -0.497 e. The van der Waals surface area contributed by atoms with Crippen LogP contribution in [0.2, 0.25) is 0 Å². The number of para-hydroxylation sites is 1. The second-order valence-electron chi connectivity index (χ2n) is 6.47. The molecule has 2 N–H and O–H groups in total. The highest BCUT2D eigenvalue weighted by molar-refractivity contribution is 5.92. The van der Waals surface area contributed by atoms with E-state index >= 15 is 0 Å². The molecule has 2 aromatic carbocycles. The fraction of sp³-hybridized carbons (Fsp3) is 0.333. The molecule has 0 saturated carbocycles. The number of urea groups is 1. The molecular weight excluding hydrogens is 360 g/mol.